The predicted octanol–water partition coefficient (Wildman–Crippen LogP) is 1.30. The zero-order valence-corrected chi connectivity index (χ0v) is 12.3. The molecule has 0 aliphatic carbocycles. The van der Waals surface area contributed by atoms with Crippen molar-refractivity contribution < 1.29 is 14.3 Å². The van der Waals surface area contributed by atoms with Crippen molar-refractivity contribution in [3.63, 3.8) is 0 Å². The number of halogens is 1. The summed E-state index contributed by atoms with van der Waals surface area (Å²) in [6.07, 6.45) is 3.31. The molecule has 0 bridgehead atoms. The number of nitrogens with one attached hydrogen (secondary N) is 2. The summed E-state index contributed by atoms with van der Waals surface area (Å²) in [6.45, 7) is 2.13. The Balaban J connectivity index is 1.92. The molecule has 0 aliphatic heterocycles. The lowest BCUT2D eigenvalue weighted by Gasteiger charge is -2.13. The number of carbonyl (C=O) groups is 1. The summed E-state index contributed by atoms with van der Waals surface area (Å²) < 4.78 is 14.7. The van der Waals surface area contributed by atoms with E-state index in [0.717, 1.165) is 11.3 Å². The molecule has 1 aromatic carbocycles. The van der Waals surface area contributed by atoms with Gasteiger partial charge in [-0.2, -0.15) is 5.10 Å². The number of aliphatic hydroxyl groups excluding tert-OH is 1. The summed E-state index contributed by atoms with van der Waals surface area (Å²) in [7, 11) is 0. The fraction of sp³-hybridized carbons (Fsp3) is 0.333. The number of benzene rings is 1. The van der Waals surface area contributed by atoms with E-state index in [9.17, 15) is 9.18 Å². The van der Waals surface area contributed by atoms with E-state index in [1.165, 1.54) is 16.8 Å². The summed E-state index contributed by atoms with van der Waals surface area (Å²) in [5.74, 6) is -0.496. The first kappa shape index (κ1) is 16.0. The molecule has 2 rings (SSSR count). The van der Waals surface area contributed by atoms with Crippen LogP contribution in [-0.2, 0) is 11.3 Å². The number of aliphatic hydroxyl groups is 1. The Kier molecular flexibility index (Phi) is 5.48. The van der Waals surface area contributed by atoms with Crippen LogP contribution < -0.4 is 10.6 Å². The van der Waals surface area contributed by atoms with Crippen molar-refractivity contribution in [1.29, 1.82) is 0 Å². The zero-order chi connectivity index (χ0) is 15.9. The van der Waals surface area contributed by atoms with Crippen LogP contribution in [0.25, 0.3) is 0 Å². The third kappa shape index (κ3) is 4.56. The normalized spacial score (nSPS) is 12.0. The number of aromatic nitrogens is 2. The highest BCUT2D eigenvalue weighted by molar-refractivity contribution is 5.75. The number of rotatable bonds is 7. The molecule has 1 heterocycles. The molecular weight excluding hydrogens is 287 g/mol. The maximum atomic E-state index is 13.2. The van der Waals surface area contributed by atoms with Crippen LogP contribution in [0.4, 0.5) is 10.1 Å². The molecule has 0 spiro atoms. The molecule has 118 valence electrons. The molecule has 1 amide bonds. The molecule has 3 N–H and O–H groups in total. The number of nitrogens with zero attached hydrogens (tertiary/aromatic N) is 2. The zero-order valence-electron chi connectivity index (χ0n) is 12.3. The Hall–Kier alpha value is -2.41. The Morgan fingerprint density at radius 2 is 2.32 bits per heavy atom. The molecule has 1 atom stereocenters. The van der Waals surface area contributed by atoms with E-state index < -0.39 is 0 Å². The van der Waals surface area contributed by atoms with Crippen LogP contribution in [0, 0.1) is 5.82 Å². The lowest BCUT2D eigenvalue weighted by molar-refractivity contribution is -0.122. The smallest absolute Gasteiger partial charge is 0.241 e. The molecule has 0 radical (unpaired) electrons. The van der Waals surface area contributed by atoms with E-state index >= 15 is 0 Å². The highest BCUT2D eigenvalue weighted by Crippen LogP contribution is 2.19. The van der Waals surface area contributed by atoms with Gasteiger partial charge in [0.15, 0.2) is 0 Å². The Bertz CT molecular complexity index is 630. The average molecular weight is 306 g/mol. The predicted molar refractivity (Wildman–Crippen MR) is 80.8 cm³/mol. The van der Waals surface area contributed by atoms with Gasteiger partial charge in [-0.3, -0.25) is 9.48 Å². The van der Waals surface area contributed by atoms with Crippen molar-refractivity contribution in [2.75, 3.05) is 18.5 Å². The summed E-state index contributed by atoms with van der Waals surface area (Å²) in [5, 5.41) is 18.5. The Morgan fingerprint density at radius 1 is 1.50 bits per heavy atom. The average Bonchev–Trinajstić information content (AvgIpc) is 2.92. The molecule has 0 saturated heterocycles. The van der Waals surface area contributed by atoms with E-state index in [4.69, 9.17) is 5.11 Å². The second-order valence-corrected chi connectivity index (χ2v) is 4.92. The van der Waals surface area contributed by atoms with Crippen LogP contribution in [-0.4, -0.2) is 33.9 Å². The van der Waals surface area contributed by atoms with Crippen molar-refractivity contribution in [3.05, 3.63) is 48.0 Å². The summed E-state index contributed by atoms with van der Waals surface area (Å²) in [4.78, 5) is 11.5. The van der Waals surface area contributed by atoms with Gasteiger partial charge in [0.05, 0.1) is 18.5 Å². The van der Waals surface area contributed by atoms with Crippen LogP contribution in [0.1, 0.15) is 18.5 Å². The lowest BCUT2D eigenvalue weighted by atomic mass is 10.1. The van der Waals surface area contributed by atoms with Gasteiger partial charge < -0.3 is 15.7 Å². The second-order valence-electron chi connectivity index (χ2n) is 4.92. The molecule has 2 aromatic rings. The van der Waals surface area contributed by atoms with Crippen LogP contribution in [0.3, 0.4) is 0 Å². The maximum absolute atomic E-state index is 13.2. The van der Waals surface area contributed by atoms with Crippen molar-refractivity contribution in [2.24, 2.45) is 0 Å². The SMILES string of the molecule is CC(Nc1cnn(CC(=O)NCCO)c1)c1cccc(F)c1. The third-order valence-electron chi connectivity index (χ3n) is 3.10. The van der Waals surface area contributed by atoms with Crippen molar-refractivity contribution >= 4 is 11.6 Å². The maximum Gasteiger partial charge on any atom is 0.241 e. The first-order chi connectivity index (χ1) is 10.6. The van der Waals surface area contributed by atoms with Crippen molar-refractivity contribution in [1.82, 2.24) is 15.1 Å². The van der Waals surface area contributed by atoms with Crippen LogP contribution in [0.15, 0.2) is 36.7 Å². The van der Waals surface area contributed by atoms with E-state index in [1.54, 1.807) is 18.5 Å². The molecular formula is C15H19FN4O2. The largest absolute Gasteiger partial charge is 0.395 e. The first-order valence-corrected chi connectivity index (χ1v) is 7.00. The third-order valence-corrected chi connectivity index (χ3v) is 3.10. The van der Waals surface area contributed by atoms with Gasteiger partial charge in [-0.15, -0.1) is 0 Å². The molecule has 7 heteroatoms. The molecule has 0 saturated carbocycles. The van der Waals surface area contributed by atoms with Gasteiger partial charge in [-0.1, -0.05) is 12.1 Å². The minimum atomic E-state index is -0.276. The fourth-order valence-electron chi connectivity index (χ4n) is 2.03. The molecule has 22 heavy (non-hydrogen) atoms. The molecule has 0 fully saturated rings. The van der Waals surface area contributed by atoms with Gasteiger partial charge in [-0.05, 0) is 24.6 Å². The summed E-state index contributed by atoms with van der Waals surface area (Å²) in [5.41, 5.74) is 1.57. The Morgan fingerprint density at radius 3 is 3.05 bits per heavy atom. The van der Waals surface area contributed by atoms with Gasteiger partial charge in [0.25, 0.3) is 0 Å². The Labute approximate surface area is 128 Å². The highest BCUT2D eigenvalue weighted by Gasteiger charge is 2.09. The van der Waals surface area contributed by atoms with Crippen molar-refractivity contribution in [3.8, 4) is 0 Å². The van der Waals surface area contributed by atoms with Gasteiger partial charge >= 0.3 is 0 Å². The van der Waals surface area contributed by atoms with Gasteiger partial charge in [0.1, 0.15) is 12.4 Å². The highest BCUT2D eigenvalue weighted by atomic mass is 19.1. The van der Waals surface area contributed by atoms with Crippen molar-refractivity contribution in [2.45, 2.75) is 19.5 Å². The van der Waals surface area contributed by atoms with Crippen LogP contribution in [0.2, 0.25) is 0 Å². The monoisotopic (exact) mass is 306 g/mol. The molecule has 6 nitrogen and oxygen atoms in total. The minimum absolute atomic E-state index is 0.0794. The van der Waals surface area contributed by atoms with Gasteiger partial charge in [0, 0.05) is 18.8 Å². The minimum Gasteiger partial charge on any atom is -0.395 e. The van der Waals surface area contributed by atoms with E-state index in [-0.39, 0.29) is 37.5 Å². The number of amides is 1. The number of carbonyl (C=O) groups excluding carboxylic acids is 1. The fourth-order valence-corrected chi connectivity index (χ4v) is 2.03. The number of hydrogen-bond donors (Lipinski definition) is 3. The van der Waals surface area contributed by atoms with Crippen LogP contribution in [0.5, 0.6) is 0 Å². The number of anilines is 1. The molecule has 1 aromatic heterocycles. The summed E-state index contributed by atoms with van der Waals surface area (Å²) >= 11 is 0. The van der Waals surface area contributed by atoms with E-state index in [0.29, 0.717) is 0 Å². The summed E-state index contributed by atoms with van der Waals surface area (Å²) in [6, 6.07) is 6.30. The molecule has 1 unspecified atom stereocenters. The van der Waals surface area contributed by atoms with Crippen LogP contribution >= 0.6 is 0 Å². The first-order valence-electron chi connectivity index (χ1n) is 7.00. The quantitative estimate of drug-likeness (QED) is 0.720. The van der Waals surface area contributed by atoms with E-state index in [2.05, 4.69) is 15.7 Å². The topological polar surface area (TPSA) is 79.2 Å². The number of hydrogen-bond acceptors (Lipinski definition) is 4. The standard InChI is InChI=1S/C15H19FN4O2/c1-11(12-3-2-4-13(16)7-12)19-14-8-18-20(9-14)10-15(22)17-5-6-21/h2-4,7-9,11,19,21H,5-6,10H2,1H3,(H,17,22). The second kappa shape index (κ2) is 7.56. The molecule has 0 aliphatic rings. The lowest BCUT2D eigenvalue weighted by Crippen LogP contribution is -2.30. The van der Waals surface area contributed by atoms with E-state index in [1.807, 2.05) is 13.0 Å². The van der Waals surface area contributed by atoms with Gasteiger partial charge in [-0.25, -0.2) is 4.39 Å². The van der Waals surface area contributed by atoms with Gasteiger partial charge in [0.2, 0.25) is 5.91 Å².